The van der Waals surface area contributed by atoms with E-state index < -0.39 is 0 Å². The molecule has 0 unspecified atom stereocenters. The fourth-order valence-corrected chi connectivity index (χ4v) is 3.70. The van der Waals surface area contributed by atoms with E-state index in [-0.39, 0.29) is 11.3 Å². The standard InChI is InChI=1S/C24H23N3O2/c1-26-24(29)23(27-16-8-9-17-27)21(22(25-26)19-12-6-3-7-13-19)20(28)15-14-18-10-4-2-5-11-18/h2-7,10-15H,8-9,16-17H2,1H3/b15-14+. The molecule has 0 amide bonds. The van der Waals surface area contributed by atoms with Gasteiger partial charge in [0.15, 0.2) is 5.78 Å². The number of ketones is 1. The van der Waals surface area contributed by atoms with Crippen molar-refractivity contribution < 1.29 is 4.79 Å². The molecule has 0 N–H and O–H groups in total. The summed E-state index contributed by atoms with van der Waals surface area (Å²) in [4.78, 5) is 28.4. The zero-order valence-corrected chi connectivity index (χ0v) is 16.4. The molecule has 1 aliphatic rings. The van der Waals surface area contributed by atoms with Gasteiger partial charge in [0.2, 0.25) is 0 Å². The summed E-state index contributed by atoms with van der Waals surface area (Å²) in [6, 6.07) is 19.2. The molecule has 5 heteroatoms. The van der Waals surface area contributed by atoms with Gasteiger partial charge in [-0.2, -0.15) is 5.10 Å². The van der Waals surface area contributed by atoms with Gasteiger partial charge in [-0.1, -0.05) is 66.7 Å². The lowest BCUT2D eigenvalue weighted by Gasteiger charge is -2.22. The fraction of sp³-hybridized carbons (Fsp3) is 0.208. The smallest absolute Gasteiger partial charge is 0.290 e. The topological polar surface area (TPSA) is 55.2 Å². The number of aryl methyl sites for hydroxylation is 1. The van der Waals surface area contributed by atoms with E-state index in [0.717, 1.165) is 37.1 Å². The van der Waals surface area contributed by atoms with Gasteiger partial charge in [-0.05, 0) is 24.5 Å². The number of carbonyl (C=O) groups is 1. The third kappa shape index (κ3) is 3.90. The molecule has 1 aromatic heterocycles. The SMILES string of the molecule is Cn1nc(-c2ccccc2)c(C(=O)/C=C/c2ccccc2)c(N2CCCC2)c1=O. The minimum atomic E-state index is -0.233. The average molecular weight is 385 g/mol. The van der Waals surface area contributed by atoms with Crippen molar-refractivity contribution >= 4 is 17.5 Å². The van der Waals surface area contributed by atoms with Gasteiger partial charge in [0.05, 0.1) is 5.56 Å². The minimum Gasteiger partial charge on any atom is -0.366 e. The molecule has 0 atom stereocenters. The second-order valence-electron chi connectivity index (χ2n) is 7.17. The summed E-state index contributed by atoms with van der Waals surface area (Å²) < 4.78 is 1.34. The van der Waals surface area contributed by atoms with Crippen LogP contribution in [0.25, 0.3) is 17.3 Å². The van der Waals surface area contributed by atoms with Crippen molar-refractivity contribution in [2.75, 3.05) is 18.0 Å². The second-order valence-corrected chi connectivity index (χ2v) is 7.17. The van der Waals surface area contributed by atoms with Crippen LogP contribution >= 0.6 is 0 Å². The molecule has 0 aliphatic carbocycles. The van der Waals surface area contributed by atoms with Crippen molar-refractivity contribution in [3.8, 4) is 11.3 Å². The van der Waals surface area contributed by atoms with E-state index in [1.807, 2.05) is 65.6 Å². The van der Waals surface area contributed by atoms with Crippen molar-refractivity contribution in [2.24, 2.45) is 7.05 Å². The molecule has 2 heterocycles. The van der Waals surface area contributed by atoms with Gasteiger partial charge in [0.25, 0.3) is 5.56 Å². The number of benzene rings is 2. The summed E-state index contributed by atoms with van der Waals surface area (Å²) in [5.41, 5.74) is 2.90. The zero-order valence-electron chi connectivity index (χ0n) is 16.4. The summed E-state index contributed by atoms with van der Waals surface area (Å²) in [6.07, 6.45) is 5.35. The Labute approximate surface area is 169 Å². The quantitative estimate of drug-likeness (QED) is 0.493. The molecule has 1 fully saturated rings. The normalized spacial score (nSPS) is 13.9. The number of aromatic nitrogens is 2. The van der Waals surface area contributed by atoms with Crippen molar-refractivity contribution in [1.82, 2.24) is 9.78 Å². The molecule has 1 saturated heterocycles. The Morgan fingerprint density at radius 1 is 0.966 bits per heavy atom. The Morgan fingerprint density at radius 3 is 2.24 bits per heavy atom. The average Bonchev–Trinajstić information content (AvgIpc) is 3.29. The summed E-state index contributed by atoms with van der Waals surface area (Å²) in [6.45, 7) is 1.55. The van der Waals surface area contributed by atoms with Crippen LogP contribution in [0.3, 0.4) is 0 Å². The van der Waals surface area contributed by atoms with Crippen LogP contribution in [0.1, 0.15) is 28.8 Å². The van der Waals surface area contributed by atoms with Crippen LogP contribution in [0.2, 0.25) is 0 Å². The lowest BCUT2D eigenvalue weighted by atomic mass is 10.00. The highest BCUT2D eigenvalue weighted by atomic mass is 16.1. The lowest BCUT2D eigenvalue weighted by Crippen LogP contribution is -2.33. The maximum atomic E-state index is 13.4. The zero-order chi connectivity index (χ0) is 20.2. The summed E-state index contributed by atoms with van der Waals surface area (Å²) in [5, 5.41) is 4.47. The number of anilines is 1. The van der Waals surface area contributed by atoms with E-state index in [9.17, 15) is 9.59 Å². The molecule has 0 saturated carbocycles. The predicted molar refractivity (Wildman–Crippen MR) is 116 cm³/mol. The highest BCUT2D eigenvalue weighted by Crippen LogP contribution is 2.29. The van der Waals surface area contributed by atoms with Crippen molar-refractivity contribution in [3.63, 3.8) is 0 Å². The van der Waals surface area contributed by atoms with Gasteiger partial charge in [-0.15, -0.1) is 0 Å². The minimum absolute atomic E-state index is 0.209. The molecule has 146 valence electrons. The largest absolute Gasteiger partial charge is 0.366 e. The molecule has 3 aromatic rings. The highest BCUT2D eigenvalue weighted by molar-refractivity contribution is 6.14. The third-order valence-electron chi connectivity index (χ3n) is 5.16. The molecular weight excluding hydrogens is 362 g/mol. The first kappa shape index (κ1) is 18.9. The highest BCUT2D eigenvalue weighted by Gasteiger charge is 2.27. The number of carbonyl (C=O) groups excluding carboxylic acids is 1. The maximum absolute atomic E-state index is 13.4. The first-order valence-corrected chi connectivity index (χ1v) is 9.84. The second kappa shape index (κ2) is 8.27. The number of rotatable bonds is 5. The number of hydrogen-bond acceptors (Lipinski definition) is 4. The summed E-state index contributed by atoms with van der Waals surface area (Å²) >= 11 is 0. The Bertz CT molecular complexity index is 1100. The molecule has 1 aliphatic heterocycles. The first-order valence-electron chi connectivity index (χ1n) is 9.84. The van der Waals surface area contributed by atoms with E-state index in [1.165, 1.54) is 10.8 Å². The van der Waals surface area contributed by atoms with Crippen molar-refractivity contribution in [1.29, 1.82) is 0 Å². The van der Waals surface area contributed by atoms with Gasteiger partial charge in [0, 0.05) is 25.7 Å². The Hall–Kier alpha value is -3.47. The van der Waals surface area contributed by atoms with Gasteiger partial charge in [0.1, 0.15) is 11.4 Å². The van der Waals surface area contributed by atoms with E-state index in [0.29, 0.717) is 16.9 Å². The Kier molecular flexibility index (Phi) is 5.38. The molecule has 0 radical (unpaired) electrons. The van der Waals surface area contributed by atoms with E-state index >= 15 is 0 Å². The van der Waals surface area contributed by atoms with Crippen LogP contribution in [-0.4, -0.2) is 28.7 Å². The summed E-state index contributed by atoms with van der Waals surface area (Å²) in [5.74, 6) is -0.209. The van der Waals surface area contributed by atoms with Crippen LogP contribution in [0.5, 0.6) is 0 Å². The molecule has 29 heavy (non-hydrogen) atoms. The molecule has 0 bridgehead atoms. The van der Waals surface area contributed by atoms with Crippen LogP contribution in [-0.2, 0) is 7.05 Å². The van der Waals surface area contributed by atoms with Crippen LogP contribution < -0.4 is 10.5 Å². The van der Waals surface area contributed by atoms with Gasteiger partial charge < -0.3 is 4.90 Å². The Morgan fingerprint density at radius 2 is 1.59 bits per heavy atom. The molecule has 2 aromatic carbocycles. The van der Waals surface area contributed by atoms with Gasteiger partial charge >= 0.3 is 0 Å². The number of nitrogens with zero attached hydrogens (tertiary/aromatic N) is 3. The van der Waals surface area contributed by atoms with Crippen molar-refractivity contribution in [2.45, 2.75) is 12.8 Å². The maximum Gasteiger partial charge on any atom is 0.290 e. The number of allylic oxidation sites excluding steroid dienone is 1. The van der Waals surface area contributed by atoms with Gasteiger partial charge in [-0.3, -0.25) is 9.59 Å². The molecule has 0 spiro atoms. The summed E-state index contributed by atoms with van der Waals surface area (Å²) in [7, 11) is 1.64. The van der Waals surface area contributed by atoms with Gasteiger partial charge in [-0.25, -0.2) is 4.68 Å². The fourth-order valence-electron chi connectivity index (χ4n) is 3.70. The molecule has 4 rings (SSSR count). The molecular formula is C24H23N3O2. The van der Waals surface area contributed by atoms with Crippen LogP contribution in [0.15, 0.2) is 71.5 Å². The predicted octanol–water partition coefficient (Wildman–Crippen LogP) is 3.94. The lowest BCUT2D eigenvalue weighted by molar-refractivity contribution is 0.104. The van der Waals surface area contributed by atoms with Crippen LogP contribution in [0.4, 0.5) is 5.69 Å². The van der Waals surface area contributed by atoms with Crippen molar-refractivity contribution in [3.05, 3.63) is 88.2 Å². The third-order valence-corrected chi connectivity index (χ3v) is 5.16. The number of hydrogen-bond donors (Lipinski definition) is 0. The first-order chi connectivity index (χ1) is 14.1. The Balaban J connectivity index is 1.89. The van der Waals surface area contributed by atoms with E-state index in [4.69, 9.17) is 0 Å². The van der Waals surface area contributed by atoms with Crippen LogP contribution in [0, 0.1) is 0 Å². The monoisotopic (exact) mass is 385 g/mol. The van der Waals surface area contributed by atoms with E-state index in [1.54, 1.807) is 13.1 Å². The molecule has 5 nitrogen and oxygen atoms in total. The van der Waals surface area contributed by atoms with E-state index in [2.05, 4.69) is 5.10 Å².